The Bertz CT molecular complexity index is 636. The summed E-state index contributed by atoms with van der Waals surface area (Å²) in [6.07, 6.45) is 0.946. The second-order valence-electron chi connectivity index (χ2n) is 4.69. The van der Waals surface area contributed by atoms with Crippen LogP contribution in [-0.2, 0) is 0 Å². The molecule has 1 atom stereocenters. The predicted octanol–water partition coefficient (Wildman–Crippen LogP) is 5.08. The summed E-state index contributed by atoms with van der Waals surface area (Å²) in [6, 6.07) is 9.83. The van der Waals surface area contributed by atoms with Gasteiger partial charge in [-0.3, -0.25) is 0 Å². The number of halogens is 3. The van der Waals surface area contributed by atoms with E-state index in [-0.39, 0.29) is 11.1 Å². The summed E-state index contributed by atoms with van der Waals surface area (Å²) in [7, 11) is 0. The minimum Gasteiger partial charge on any atom is -0.492 e. The van der Waals surface area contributed by atoms with Crippen LogP contribution >= 0.6 is 27.5 Å². The molecule has 0 fully saturated rings. The molecule has 0 radical (unpaired) electrons. The number of hydrogen-bond acceptors (Lipinski definition) is 2. The monoisotopic (exact) mass is 371 g/mol. The molecule has 112 valence electrons. The Hall–Kier alpha value is -1.10. The lowest BCUT2D eigenvalue weighted by molar-refractivity contribution is 0.315. The van der Waals surface area contributed by atoms with E-state index in [2.05, 4.69) is 22.9 Å². The van der Waals surface area contributed by atoms with E-state index in [1.54, 1.807) is 12.1 Å². The fourth-order valence-corrected chi connectivity index (χ4v) is 2.64. The Labute approximate surface area is 137 Å². The number of nitrogens with two attached hydrogens (primary N) is 1. The Morgan fingerprint density at radius 3 is 2.52 bits per heavy atom. The van der Waals surface area contributed by atoms with E-state index in [9.17, 15) is 4.39 Å². The Morgan fingerprint density at radius 1 is 1.24 bits per heavy atom. The standard InChI is InChI=1S/C16H16BrClFNO/c1-2-7-21-15-6-4-10(8-12(15)17)16(20)11-3-5-14(19)13(18)9-11/h3-6,8-9,16H,2,7,20H2,1H3. The first-order valence-electron chi connectivity index (χ1n) is 6.65. The third kappa shape index (κ3) is 3.96. The first-order chi connectivity index (χ1) is 10.0. The highest BCUT2D eigenvalue weighted by Crippen LogP contribution is 2.31. The van der Waals surface area contributed by atoms with Crippen molar-refractivity contribution in [3.8, 4) is 5.75 Å². The number of hydrogen-bond donors (Lipinski definition) is 1. The van der Waals surface area contributed by atoms with E-state index in [1.807, 2.05) is 18.2 Å². The molecule has 2 aromatic rings. The van der Waals surface area contributed by atoms with Gasteiger partial charge in [-0.1, -0.05) is 30.7 Å². The second kappa shape index (κ2) is 7.25. The largest absolute Gasteiger partial charge is 0.492 e. The van der Waals surface area contributed by atoms with Crippen molar-refractivity contribution in [2.45, 2.75) is 19.4 Å². The molecular formula is C16H16BrClFNO. The van der Waals surface area contributed by atoms with Crippen LogP contribution in [-0.4, -0.2) is 6.61 Å². The highest BCUT2D eigenvalue weighted by molar-refractivity contribution is 9.10. The maximum absolute atomic E-state index is 13.2. The number of rotatable bonds is 5. The first-order valence-corrected chi connectivity index (χ1v) is 7.82. The zero-order chi connectivity index (χ0) is 15.4. The quantitative estimate of drug-likeness (QED) is 0.794. The molecule has 2 nitrogen and oxygen atoms in total. The summed E-state index contributed by atoms with van der Waals surface area (Å²) in [5.74, 6) is 0.335. The van der Waals surface area contributed by atoms with Crippen molar-refractivity contribution in [3.63, 3.8) is 0 Å². The van der Waals surface area contributed by atoms with Crippen LogP contribution in [0.25, 0.3) is 0 Å². The zero-order valence-corrected chi connectivity index (χ0v) is 13.9. The molecule has 21 heavy (non-hydrogen) atoms. The summed E-state index contributed by atoms with van der Waals surface area (Å²) >= 11 is 9.28. The highest BCUT2D eigenvalue weighted by atomic mass is 79.9. The average molecular weight is 373 g/mol. The molecule has 0 amide bonds. The van der Waals surface area contributed by atoms with Crippen LogP contribution < -0.4 is 10.5 Å². The lowest BCUT2D eigenvalue weighted by Gasteiger charge is -2.15. The Morgan fingerprint density at radius 2 is 1.90 bits per heavy atom. The molecule has 0 saturated carbocycles. The highest BCUT2D eigenvalue weighted by Gasteiger charge is 2.13. The molecule has 0 aliphatic carbocycles. The molecule has 2 N–H and O–H groups in total. The van der Waals surface area contributed by atoms with Gasteiger partial charge in [-0.2, -0.15) is 0 Å². The van der Waals surface area contributed by atoms with Crippen molar-refractivity contribution in [3.05, 3.63) is 62.8 Å². The topological polar surface area (TPSA) is 35.2 Å². The fraction of sp³-hybridized carbons (Fsp3) is 0.250. The van der Waals surface area contributed by atoms with Gasteiger partial charge in [0, 0.05) is 0 Å². The summed E-state index contributed by atoms with van der Waals surface area (Å²) in [4.78, 5) is 0. The lowest BCUT2D eigenvalue weighted by Crippen LogP contribution is -2.12. The lowest BCUT2D eigenvalue weighted by atomic mass is 9.99. The molecule has 0 heterocycles. The third-order valence-corrected chi connectivity index (χ3v) is 3.99. The molecule has 0 bridgehead atoms. The van der Waals surface area contributed by atoms with Gasteiger partial charge in [-0.25, -0.2) is 4.39 Å². The van der Waals surface area contributed by atoms with E-state index in [1.165, 1.54) is 6.07 Å². The molecule has 0 aliphatic rings. The van der Waals surface area contributed by atoms with Crippen LogP contribution in [0.1, 0.15) is 30.5 Å². The summed E-state index contributed by atoms with van der Waals surface area (Å²) in [5, 5.41) is 0.0740. The number of benzene rings is 2. The van der Waals surface area contributed by atoms with Crippen molar-refractivity contribution in [2.75, 3.05) is 6.61 Å². The average Bonchev–Trinajstić information content (AvgIpc) is 2.48. The summed E-state index contributed by atoms with van der Waals surface area (Å²) in [5.41, 5.74) is 7.87. The SMILES string of the molecule is CCCOc1ccc(C(N)c2ccc(F)c(Cl)c2)cc1Br. The molecule has 0 spiro atoms. The summed E-state index contributed by atoms with van der Waals surface area (Å²) < 4.78 is 19.7. The van der Waals surface area contributed by atoms with Gasteiger partial charge in [-0.15, -0.1) is 0 Å². The Balaban J connectivity index is 2.24. The maximum Gasteiger partial charge on any atom is 0.141 e. The fourth-order valence-electron chi connectivity index (χ4n) is 1.94. The van der Waals surface area contributed by atoms with Crippen molar-refractivity contribution in [1.82, 2.24) is 0 Å². The van der Waals surface area contributed by atoms with Crippen molar-refractivity contribution >= 4 is 27.5 Å². The minimum absolute atomic E-state index is 0.0740. The van der Waals surface area contributed by atoms with Gasteiger partial charge in [0.25, 0.3) is 0 Å². The van der Waals surface area contributed by atoms with Gasteiger partial charge in [0.1, 0.15) is 11.6 Å². The normalized spacial score (nSPS) is 12.2. The van der Waals surface area contributed by atoms with Gasteiger partial charge >= 0.3 is 0 Å². The molecule has 1 unspecified atom stereocenters. The molecule has 2 rings (SSSR count). The van der Waals surface area contributed by atoms with Crippen LogP contribution in [0.4, 0.5) is 4.39 Å². The Kier molecular flexibility index (Phi) is 5.62. The smallest absolute Gasteiger partial charge is 0.141 e. The van der Waals surface area contributed by atoms with E-state index in [0.717, 1.165) is 27.8 Å². The molecule has 0 aliphatic heterocycles. The van der Waals surface area contributed by atoms with Gasteiger partial charge in [0.05, 0.1) is 22.1 Å². The van der Waals surface area contributed by atoms with Crippen molar-refractivity contribution in [1.29, 1.82) is 0 Å². The van der Waals surface area contributed by atoms with E-state index in [4.69, 9.17) is 22.1 Å². The van der Waals surface area contributed by atoms with E-state index < -0.39 is 5.82 Å². The second-order valence-corrected chi connectivity index (χ2v) is 5.95. The van der Waals surface area contributed by atoms with Crippen LogP contribution in [0, 0.1) is 5.82 Å². The van der Waals surface area contributed by atoms with E-state index in [0.29, 0.717) is 6.61 Å². The molecule has 0 aromatic heterocycles. The van der Waals surface area contributed by atoms with Crippen LogP contribution in [0.15, 0.2) is 40.9 Å². The van der Waals surface area contributed by atoms with Gasteiger partial charge < -0.3 is 10.5 Å². The van der Waals surface area contributed by atoms with Crippen LogP contribution in [0.5, 0.6) is 5.75 Å². The van der Waals surface area contributed by atoms with Crippen LogP contribution in [0.2, 0.25) is 5.02 Å². The van der Waals surface area contributed by atoms with E-state index >= 15 is 0 Å². The van der Waals surface area contributed by atoms with Crippen molar-refractivity contribution in [2.24, 2.45) is 5.73 Å². The number of ether oxygens (including phenoxy) is 1. The maximum atomic E-state index is 13.2. The van der Waals surface area contributed by atoms with Crippen molar-refractivity contribution < 1.29 is 9.13 Å². The third-order valence-electron chi connectivity index (χ3n) is 3.08. The van der Waals surface area contributed by atoms with Crippen LogP contribution in [0.3, 0.4) is 0 Å². The zero-order valence-electron chi connectivity index (χ0n) is 11.6. The molecular weight excluding hydrogens is 357 g/mol. The molecule has 2 aromatic carbocycles. The minimum atomic E-state index is -0.447. The first kappa shape index (κ1) is 16.3. The van der Waals surface area contributed by atoms with Gasteiger partial charge in [-0.05, 0) is 57.7 Å². The molecule has 0 saturated heterocycles. The predicted molar refractivity (Wildman–Crippen MR) is 87.4 cm³/mol. The van der Waals surface area contributed by atoms with Gasteiger partial charge in [0.2, 0.25) is 0 Å². The summed E-state index contributed by atoms with van der Waals surface area (Å²) in [6.45, 7) is 2.72. The van der Waals surface area contributed by atoms with Gasteiger partial charge in [0.15, 0.2) is 0 Å². The molecule has 5 heteroatoms.